The van der Waals surface area contributed by atoms with Crippen molar-refractivity contribution < 1.29 is 9.32 Å². The molecule has 1 aliphatic rings. The van der Waals surface area contributed by atoms with Crippen LogP contribution in [0.2, 0.25) is 0 Å². The molecule has 1 aliphatic carbocycles. The molecular weight excluding hydrogens is 280 g/mol. The van der Waals surface area contributed by atoms with Crippen molar-refractivity contribution in [2.75, 3.05) is 6.54 Å². The number of nitrogens with two attached hydrogens (primary N) is 1. The number of carbonyl (C=O) groups is 1. The van der Waals surface area contributed by atoms with Crippen molar-refractivity contribution >= 4 is 5.91 Å². The van der Waals surface area contributed by atoms with Gasteiger partial charge in [0.2, 0.25) is 17.6 Å². The summed E-state index contributed by atoms with van der Waals surface area (Å²) in [5.41, 5.74) is 6.28. The quantitative estimate of drug-likeness (QED) is 0.881. The van der Waals surface area contributed by atoms with Gasteiger partial charge in [0.25, 0.3) is 0 Å². The summed E-state index contributed by atoms with van der Waals surface area (Å²) in [6, 6.07) is 10.1. The van der Waals surface area contributed by atoms with E-state index in [-0.39, 0.29) is 12.5 Å². The van der Waals surface area contributed by atoms with Crippen LogP contribution >= 0.6 is 0 Å². The highest BCUT2D eigenvalue weighted by Gasteiger charge is 2.25. The van der Waals surface area contributed by atoms with Gasteiger partial charge in [0.1, 0.15) is 0 Å². The Labute approximate surface area is 129 Å². The lowest BCUT2D eigenvalue weighted by atomic mass is 10.2. The molecule has 0 atom stereocenters. The van der Waals surface area contributed by atoms with Crippen molar-refractivity contribution in [3.05, 3.63) is 36.2 Å². The van der Waals surface area contributed by atoms with E-state index in [1.54, 1.807) is 0 Å². The fourth-order valence-corrected chi connectivity index (χ4v) is 2.98. The van der Waals surface area contributed by atoms with Gasteiger partial charge in [0, 0.05) is 11.6 Å². The van der Waals surface area contributed by atoms with Crippen LogP contribution < -0.4 is 5.73 Å². The second-order valence-corrected chi connectivity index (χ2v) is 5.69. The van der Waals surface area contributed by atoms with Crippen LogP contribution in [-0.2, 0) is 11.3 Å². The third-order valence-corrected chi connectivity index (χ3v) is 4.04. The Kier molecular flexibility index (Phi) is 4.48. The molecule has 6 heteroatoms. The van der Waals surface area contributed by atoms with Crippen molar-refractivity contribution in [3.8, 4) is 11.4 Å². The van der Waals surface area contributed by atoms with Crippen LogP contribution in [0.4, 0.5) is 0 Å². The van der Waals surface area contributed by atoms with E-state index in [0.717, 1.165) is 18.4 Å². The predicted octanol–water partition coefficient (Wildman–Crippen LogP) is 1.97. The molecule has 0 saturated heterocycles. The van der Waals surface area contributed by atoms with Crippen molar-refractivity contribution in [1.82, 2.24) is 15.0 Å². The molecule has 0 aliphatic heterocycles. The van der Waals surface area contributed by atoms with Gasteiger partial charge in [0.05, 0.1) is 13.1 Å². The summed E-state index contributed by atoms with van der Waals surface area (Å²) >= 11 is 0. The van der Waals surface area contributed by atoms with Gasteiger partial charge >= 0.3 is 0 Å². The Morgan fingerprint density at radius 3 is 2.68 bits per heavy atom. The van der Waals surface area contributed by atoms with Gasteiger partial charge in [-0.15, -0.1) is 0 Å². The van der Waals surface area contributed by atoms with Crippen molar-refractivity contribution in [2.45, 2.75) is 38.3 Å². The number of hydrogen-bond donors (Lipinski definition) is 1. The molecule has 0 spiro atoms. The monoisotopic (exact) mass is 300 g/mol. The van der Waals surface area contributed by atoms with E-state index in [1.807, 2.05) is 30.3 Å². The average Bonchev–Trinajstić information content (AvgIpc) is 3.19. The molecule has 2 N–H and O–H groups in total. The zero-order valence-electron chi connectivity index (χ0n) is 12.4. The zero-order chi connectivity index (χ0) is 15.4. The lowest BCUT2D eigenvalue weighted by molar-refractivity contribution is -0.119. The first kappa shape index (κ1) is 14.7. The Morgan fingerprint density at radius 1 is 1.27 bits per heavy atom. The summed E-state index contributed by atoms with van der Waals surface area (Å²) in [6.45, 7) is 0.696. The molecule has 1 aromatic heterocycles. The zero-order valence-corrected chi connectivity index (χ0v) is 12.4. The predicted molar refractivity (Wildman–Crippen MR) is 81.6 cm³/mol. The maximum absolute atomic E-state index is 11.3. The van der Waals surface area contributed by atoms with Gasteiger partial charge in [0.15, 0.2) is 0 Å². The first-order chi connectivity index (χ1) is 10.7. The smallest absolute Gasteiger partial charge is 0.241 e. The Hall–Kier alpha value is -2.21. The van der Waals surface area contributed by atoms with E-state index in [1.165, 1.54) is 12.8 Å². The minimum atomic E-state index is -0.324. The molecule has 3 rings (SSSR count). The second kappa shape index (κ2) is 6.70. The van der Waals surface area contributed by atoms with E-state index in [0.29, 0.717) is 24.3 Å². The molecule has 1 saturated carbocycles. The molecule has 22 heavy (non-hydrogen) atoms. The molecule has 1 aromatic carbocycles. The first-order valence-corrected chi connectivity index (χ1v) is 7.63. The third kappa shape index (κ3) is 3.51. The third-order valence-electron chi connectivity index (χ3n) is 4.04. The Balaban J connectivity index is 1.72. The van der Waals surface area contributed by atoms with Gasteiger partial charge in [-0.05, 0) is 12.8 Å². The van der Waals surface area contributed by atoms with Crippen molar-refractivity contribution in [3.63, 3.8) is 0 Å². The van der Waals surface area contributed by atoms with Gasteiger partial charge < -0.3 is 10.3 Å². The summed E-state index contributed by atoms with van der Waals surface area (Å²) in [6.07, 6.45) is 4.57. The van der Waals surface area contributed by atoms with Crippen LogP contribution in [-0.4, -0.2) is 33.5 Å². The molecule has 1 fully saturated rings. The van der Waals surface area contributed by atoms with Gasteiger partial charge in [-0.3, -0.25) is 9.69 Å². The van der Waals surface area contributed by atoms with Crippen molar-refractivity contribution in [1.29, 1.82) is 0 Å². The van der Waals surface area contributed by atoms with Crippen LogP contribution in [0.1, 0.15) is 31.6 Å². The number of carbonyl (C=O) groups excluding carboxylic acids is 1. The SMILES string of the molecule is NC(=O)CN(Cc1nc(-c2ccccc2)no1)C1CCCC1. The molecule has 0 radical (unpaired) electrons. The van der Waals surface area contributed by atoms with Gasteiger partial charge in [-0.25, -0.2) is 0 Å². The lowest BCUT2D eigenvalue weighted by Gasteiger charge is -2.25. The maximum atomic E-state index is 11.3. The first-order valence-electron chi connectivity index (χ1n) is 7.63. The molecular formula is C16H20N4O2. The summed E-state index contributed by atoms with van der Waals surface area (Å²) in [5, 5.41) is 4.02. The minimum absolute atomic E-state index is 0.230. The Morgan fingerprint density at radius 2 is 2.00 bits per heavy atom. The number of benzene rings is 1. The Bertz CT molecular complexity index is 620. The second-order valence-electron chi connectivity index (χ2n) is 5.69. The summed E-state index contributed by atoms with van der Waals surface area (Å²) in [5.74, 6) is 0.766. The highest BCUT2D eigenvalue weighted by Crippen LogP contribution is 2.25. The number of hydrogen-bond acceptors (Lipinski definition) is 5. The van der Waals surface area contributed by atoms with Crippen LogP contribution in [0.25, 0.3) is 11.4 Å². The van der Waals surface area contributed by atoms with E-state index >= 15 is 0 Å². The average molecular weight is 300 g/mol. The normalized spacial score (nSPS) is 15.5. The summed E-state index contributed by atoms with van der Waals surface area (Å²) in [7, 11) is 0. The number of aromatic nitrogens is 2. The molecule has 2 aromatic rings. The molecule has 116 valence electrons. The number of nitrogens with zero attached hydrogens (tertiary/aromatic N) is 3. The van der Waals surface area contributed by atoms with Crippen LogP contribution in [0.15, 0.2) is 34.9 Å². The maximum Gasteiger partial charge on any atom is 0.241 e. The van der Waals surface area contributed by atoms with E-state index < -0.39 is 0 Å². The molecule has 6 nitrogen and oxygen atoms in total. The highest BCUT2D eigenvalue weighted by molar-refractivity contribution is 5.75. The van der Waals surface area contributed by atoms with Crippen LogP contribution in [0.5, 0.6) is 0 Å². The lowest BCUT2D eigenvalue weighted by Crippen LogP contribution is -2.39. The topological polar surface area (TPSA) is 85.3 Å². The molecule has 1 heterocycles. The number of primary amides is 1. The standard InChI is InChI=1S/C16H20N4O2/c17-14(21)10-20(13-8-4-5-9-13)11-15-18-16(19-22-15)12-6-2-1-3-7-12/h1-3,6-7,13H,4-5,8-11H2,(H2,17,21). The van der Waals surface area contributed by atoms with E-state index in [4.69, 9.17) is 10.3 Å². The molecule has 0 bridgehead atoms. The molecule has 0 unspecified atom stereocenters. The summed E-state index contributed by atoms with van der Waals surface area (Å²) in [4.78, 5) is 17.8. The number of amides is 1. The summed E-state index contributed by atoms with van der Waals surface area (Å²) < 4.78 is 5.34. The number of rotatable bonds is 6. The minimum Gasteiger partial charge on any atom is -0.369 e. The van der Waals surface area contributed by atoms with Crippen LogP contribution in [0.3, 0.4) is 0 Å². The van der Waals surface area contributed by atoms with E-state index in [2.05, 4.69) is 15.0 Å². The fourth-order valence-electron chi connectivity index (χ4n) is 2.98. The molecule has 1 amide bonds. The largest absolute Gasteiger partial charge is 0.369 e. The van der Waals surface area contributed by atoms with Gasteiger partial charge in [-0.1, -0.05) is 48.3 Å². The van der Waals surface area contributed by atoms with Crippen LogP contribution in [0, 0.1) is 0 Å². The highest BCUT2D eigenvalue weighted by atomic mass is 16.5. The van der Waals surface area contributed by atoms with E-state index in [9.17, 15) is 4.79 Å². The van der Waals surface area contributed by atoms with Gasteiger partial charge in [-0.2, -0.15) is 4.98 Å². The van der Waals surface area contributed by atoms with Crippen molar-refractivity contribution in [2.24, 2.45) is 5.73 Å². The fraction of sp³-hybridized carbons (Fsp3) is 0.438.